The van der Waals surface area contributed by atoms with E-state index in [0.29, 0.717) is 11.8 Å². The van der Waals surface area contributed by atoms with Gasteiger partial charge in [0.25, 0.3) is 0 Å². The van der Waals surface area contributed by atoms with Crippen molar-refractivity contribution in [3.05, 3.63) is 11.8 Å². The molecule has 0 aliphatic carbocycles. The second kappa shape index (κ2) is 5.34. The summed E-state index contributed by atoms with van der Waals surface area (Å²) >= 11 is 0. The van der Waals surface area contributed by atoms with E-state index in [2.05, 4.69) is 20.0 Å². The molecule has 2 heterocycles. The highest BCUT2D eigenvalue weighted by atomic mass is 16.4. The first-order chi connectivity index (χ1) is 8.42. The molecule has 18 heavy (non-hydrogen) atoms. The number of piperazine rings is 1. The zero-order chi connectivity index (χ0) is 13.2. The van der Waals surface area contributed by atoms with E-state index in [1.54, 1.807) is 6.92 Å². The van der Waals surface area contributed by atoms with Crippen LogP contribution in [0.3, 0.4) is 0 Å². The molecule has 102 valence electrons. The zero-order valence-corrected chi connectivity index (χ0v) is 11.4. The molecule has 1 N–H and O–H groups in total. The molecule has 6 nitrogen and oxygen atoms in total. The summed E-state index contributed by atoms with van der Waals surface area (Å²) in [5, 5.41) is 17.6. The summed E-state index contributed by atoms with van der Waals surface area (Å²) in [7, 11) is 0. The fraction of sp³-hybridized carbons (Fsp3) is 0.833. The molecule has 1 fully saturated rings. The van der Waals surface area contributed by atoms with E-state index in [1.807, 2.05) is 13.8 Å². The van der Waals surface area contributed by atoms with E-state index in [4.69, 9.17) is 4.42 Å². The van der Waals surface area contributed by atoms with Gasteiger partial charge in [-0.2, -0.15) is 0 Å². The third kappa shape index (κ3) is 4.04. The Kier molecular flexibility index (Phi) is 3.99. The number of nitrogens with zero attached hydrogens (tertiary/aromatic N) is 4. The summed E-state index contributed by atoms with van der Waals surface area (Å²) < 4.78 is 5.38. The molecule has 1 aliphatic rings. The molecule has 6 heteroatoms. The highest BCUT2D eigenvalue weighted by molar-refractivity contribution is 4.83. The molecule has 1 saturated heterocycles. The molecule has 0 spiro atoms. The minimum atomic E-state index is -0.619. The molecule has 0 atom stereocenters. The molecule has 2 rings (SSSR count). The summed E-state index contributed by atoms with van der Waals surface area (Å²) in [4.78, 5) is 4.59. The smallest absolute Gasteiger partial charge is 0.230 e. The van der Waals surface area contributed by atoms with Crippen molar-refractivity contribution in [2.24, 2.45) is 0 Å². The Morgan fingerprint density at radius 3 is 2.28 bits per heavy atom. The summed E-state index contributed by atoms with van der Waals surface area (Å²) in [6, 6.07) is 0. The Bertz CT molecular complexity index is 378. The molecule has 1 aromatic heterocycles. The Hall–Kier alpha value is -0.980. The quantitative estimate of drug-likeness (QED) is 0.832. The standard InChI is InChI=1S/C12H22N4O2/c1-10-13-14-11(18-10)8-15-4-6-16(7-5-15)9-12(2,3)17/h17H,4-9H2,1-3H3. The number of aryl methyl sites for hydroxylation is 1. The number of hydrogen-bond acceptors (Lipinski definition) is 6. The molecular formula is C12H22N4O2. The summed E-state index contributed by atoms with van der Waals surface area (Å²) in [6.07, 6.45) is 0. The van der Waals surface area contributed by atoms with Crippen molar-refractivity contribution in [1.82, 2.24) is 20.0 Å². The van der Waals surface area contributed by atoms with Gasteiger partial charge in [-0.3, -0.25) is 9.80 Å². The van der Waals surface area contributed by atoms with Gasteiger partial charge in [-0.25, -0.2) is 0 Å². The number of aromatic nitrogens is 2. The molecule has 0 radical (unpaired) electrons. The molecule has 0 aromatic carbocycles. The van der Waals surface area contributed by atoms with E-state index < -0.39 is 5.60 Å². The van der Waals surface area contributed by atoms with Crippen LogP contribution < -0.4 is 0 Å². The Morgan fingerprint density at radius 2 is 1.78 bits per heavy atom. The minimum Gasteiger partial charge on any atom is -0.424 e. The lowest BCUT2D eigenvalue weighted by atomic mass is 10.1. The largest absolute Gasteiger partial charge is 0.424 e. The number of β-amino-alcohol motifs (C(OH)–C–C–N with tert-alkyl or cyclic N) is 1. The van der Waals surface area contributed by atoms with Crippen molar-refractivity contribution in [2.75, 3.05) is 32.7 Å². The van der Waals surface area contributed by atoms with Crippen LogP contribution in [0.2, 0.25) is 0 Å². The normalized spacial score (nSPS) is 19.3. The average Bonchev–Trinajstić information content (AvgIpc) is 2.65. The molecule has 0 unspecified atom stereocenters. The molecule has 1 aromatic rings. The van der Waals surface area contributed by atoms with Crippen molar-refractivity contribution in [2.45, 2.75) is 32.9 Å². The molecule has 0 amide bonds. The van der Waals surface area contributed by atoms with E-state index in [9.17, 15) is 5.11 Å². The molecular weight excluding hydrogens is 232 g/mol. The third-order valence-electron chi connectivity index (χ3n) is 3.00. The number of aliphatic hydroxyl groups is 1. The maximum Gasteiger partial charge on any atom is 0.230 e. The topological polar surface area (TPSA) is 65.6 Å². The summed E-state index contributed by atoms with van der Waals surface area (Å²) in [6.45, 7) is 10.8. The van der Waals surface area contributed by atoms with Gasteiger partial charge in [0, 0.05) is 39.6 Å². The Morgan fingerprint density at radius 1 is 1.17 bits per heavy atom. The van der Waals surface area contributed by atoms with Gasteiger partial charge < -0.3 is 9.52 Å². The van der Waals surface area contributed by atoms with Crippen LogP contribution in [0.25, 0.3) is 0 Å². The van der Waals surface area contributed by atoms with E-state index in [0.717, 1.165) is 39.3 Å². The monoisotopic (exact) mass is 254 g/mol. The van der Waals surface area contributed by atoms with Crippen LogP contribution in [0.5, 0.6) is 0 Å². The van der Waals surface area contributed by atoms with E-state index >= 15 is 0 Å². The van der Waals surface area contributed by atoms with Gasteiger partial charge in [-0.1, -0.05) is 0 Å². The van der Waals surface area contributed by atoms with Gasteiger partial charge in [-0.15, -0.1) is 10.2 Å². The van der Waals surface area contributed by atoms with Gasteiger partial charge in [0.1, 0.15) is 0 Å². The van der Waals surface area contributed by atoms with Gasteiger partial charge in [0.15, 0.2) is 0 Å². The van der Waals surface area contributed by atoms with Crippen LogP contribution in [0.4, 0.5) is 0 Å². The lowest BCUT2D eigenvalue weighted by molar-refractivity contribution is 0.0155. The maximum absolute atomic E-state index is 9.79. The van der Waals surface area contributed by atoms with Gasteiger partial charge in [-0.05, 0) is 13.8 Å². The number of hydrogen-bond donors (Lipinski definition) is 1. The van der Waals surface area contributed by atoms with Gasteiger partial charge in [0.2, 0.25) is 11.8 Å². The first-order valence-corrected chi connectivity index (χ1v) is 6.38. The van der Waals surface area contributed by atoms with Crippen LogP contribution in [0.1, 0.15) is 25.6 Å². The predicted molar refractivity (Wildman–Crippen MR) is 67.0 cm³/mol. The first-order valence-electron chi connectivity index (χ1n) is 6.38. The van der Waals surface area contributed by atoms with Crippen LogP contribution in [-0.2, 0) is 6.54 Å². The Labute approximate surface area is 108 Å². The lowest BCUT2D eigenvalue weighted by Crippen LogP contribution is -2.50. The lowest BCUT2D eigenvalue weighted by Gasteiger charge is -2.36. The highest BCUT2D eigenvalue weighted by Crippen LogP contribution is 2.10. The molecule has 0 bridgehead atoms. The minimum absolute atomic E-state index is 0.616. The average molecular weight is 254 g/mol. The van der Waals surface area contributed by atoms with Crippen molar-refractivity contribution in [3.8, 4) is 0 Å². The summed E-state index contributed by atoms with van der Waals surface area (Å²) in [5.74, 6) is 1.30. The fourth-order valence-electron chi connectivity index (χ4n) is 2.25. The van der Waals surface area contributed by atoms with E-state index in [1.165, 1.54) is 0 Å². The zero-order valence-electron chi connectivity index (χ0n) is 11.4. The van der Waals surface area contributed by atoms with Crippen LogP contribution in [-0.4, -0.2) is 63.4 Å². The highest BCUT2D eigenvalue weighted by Gasteiger charge is 2.23. The second-order valence-electron chi connectivity index (χ2n) is 5.58. The van der Waals surface area contributed by atoms with E-state index in [-0.39, 0.29) is 0 Å². The maximum atomic E-state index is 9.79. The second-order valence-corrected chi connectivity index (χ2v) is 5.58. The third-order valence-corrected chi connectivity index (χ3v) is 3.00. The fourth-order valence-corrected chi connectivity index (χ4v) is 2.25. The van der Waals surface area contributed by atoms with Crippen LogP contribution in [0.15, 0.2) is 4.42 Å². The Balaban J connectivity index is 1.77. The first kappa shape index (κ1) is 13.5. The van der Waals surface area contributed by atoms with Crippen molar-refractivity contribution in [1.29, 1.82) is 0 Å². The molecule has 1 aliphatic heterocycles. The summed E-state index contributed by atoms with van der Waals surface area (Å²) in [5.41, 5.74) is -0.619. The van der Waals surface area contributed by atoms with Gasteiger partial charge >= 0.3 is 0 Å². The number of rotatable bonds is 4. The van der Waals surface area contributed by atoms with Crippen LogP contribution >= 0.6 is 0 Å². The van der Waals surface area contributed by atoms with Crippen molar-refractivity contribution in [3.63, 3.8) is 0 Å². The predicted octanol–water partition coefficient (Wildman–Crippen LogP) is 0.267. The van der Waals surface area contributed by atoms with Gasteiger partial charge in [0.05, 0.1) is 12.1 Å². The van der Waals surface area contributed by atoms with Crippen molar-refractivity contribution >= 4 is 0 Å². The SMILES string of the molecule is Cc1nnc(CN2CCN(CC(C)(C)O)CC2)o1. The van der Waals surface area contributed by atoms with Crippen LogP contribution in [0, 0.1) is 6.92 Å². The van der Waals surface area contributed by atoms with Crippen molar-refractivity contribution < 1.29 is 9.52 Å². The molecule has 0 saturated carbocycles.